The zero-order valence-electron chi connectivity index (χ0n) is 13.7. The first-order chi connectivity index (χ1) is 10.8. The fourth-order valence-corrected chi connectivity index (χ4v) is 3.46. The van der Waals surface area contributed by atoms with Gasteiger partial charge in [-0.3, -0.25) is 9.71 Å². The molecular weight excluding hydrogens is 314 g/mol. The summed E-state index contributed by atoms with van der Waals surface area (Å²) in [5.74, 6) is 0.963. The number of anilines is 1. The molecule has 0 atom stereocenters. The van der Waals surface area contributed by atoms with Gasteiger partial charge in [0, 0.05) is 12.4 Å². The highest BCUT2D eigenvalue weighted by Gasteiger charge is 2.20. The largest absolute Gasteiger partial charge is 0.494 e. The summed E-state index contributed by atoms with van der Waals surface area (Å²) in [4.78, 5) is 8.51. The van der Waals surface area contributed by atoms with Crippen LogP contribution in [0.2, 0.25) is 0 Å². The Morgan fingerprint density at radius 2 is 1.91 bits per heavy atom. The van der Waals surface area contributed by atoms with Gasteiger partial charge in [0.25, 0.3) is 10.0 Å². The third kappa shape index (κ3) is 3.98. The van der Waals surface area contributed by atoms with Crippen molar-refractivity contribution in [3.05, 3.63) is 41.9 Å². The van der Waals surface area contributed by atoms with Crippen LogP contribution < -0.4 is 9.46 Å². The van der Waals surface area contributed by atoms with E-state index in [0.717, 1.165) is 0 Å². The summed E-state index contributed by atoms with van der Waals surface area (Å²) in [6.07, 6.45) is 3.02. The van der Waals surface area contributed by atoms with Gasteiger partial charge in [-0.15, -0.1) is 0 Å². The number of hydrogen-bond acceptors (Lipinski definition) is 5. The summed E-state index contributed by atoms with van der Waals surface area (Å²) in [6.45, 7) is 8.01. The Morgan fingerprint density at radius 1 is 1.22 bits per heavy atom. The molecule has 0 aliphatic carbocycles. The third-order valence-corrected chi connectivity index (χ3v) is 4.75. The number of hydrogen-bond donors (Lipinski definition) is 1. The summed E-state index contributed by atoms with van der Waals surface area (Å²) in [6, 6.07) is 4.89. The molecule has 0 aliphatic rings. The van der Waals surface area contributed by atoms with Gasteiger partial charge in [0.2, 0.25) is 0 Å². The lowest BCUT2D eigenvalue weighted by Gasteiger charge is -2.14. The van der Waals surface area contributed by atoms with Gasteiger partial charge in [-0.1, -0.05) is 13.8 Å². The molecular formula is C16H21N3O3S. The Hall–Kier alpha value is -2.15. The van der Waals surface area contributed by atoms with E-state index in [0.29, 0.717) is 23.6 Å². The molecule has 0 saturated carbocycles. The topological polar surface area (TPSA) is 81.2 Å². The van der Waals surface area contributed by atoms with E-state index in [1.165, 1.54) is 12.3 Å². The maximum Gasteiger partial charge on any atom is 0.263 e. The molecule has 23 heavy (non-hydrogen) atoms. The van der Waals surface area contributed by atoms with Gasteiger partial charge in [-0.2, -0.15) is 0 Å². The number of aryl methyl sites for hydroxylation is 1. The summed E-state index contributed by atoms with van der Waals surface area (Å²) in [5, 5.41) is 0. The SMILES string of the molecule is CCOc1ccc(S(=O)(=O)Nc2nccnc2C(C)C)c(C)c1. The lowest BCUT2D eigenvalue weighted by Crippen LogP contribution is -2.17. The quantitative estimate of drug-likeness (QED) is 0.877. The normalized spacial score (nSPS) is 11.5. The van der Waals surface area contributed by atoms with Crippen LogP contribution in [0.4, 0.5) is 5.82 Å². The molecule has 0 aliphatic heterocycles. The van der Waals surface area contributed by atoms with E-state index in [2.05, 4.69) is 14.7 Å². The molecule has 1 aromatic heterocycles. The second-order valence-corrected chi connectivity index (χ2v) is 7.06. The van der Waals surface area contributed by atoms with Crippen molar-refractivity contribution in [3.63, 3.8) is 0 Å². The summed E-state index contributed by atoms with van der Waals surface area (Å²) in [7, 11) is -3.74. The van der Waals surface area contributed by atoms with Gasteiger partial charge in [0.15, 0.2) is 5.82 Å². The Morgan fingerprint density at radius 3 is 2.52 bits per heavy atom. The summed E-state index contributed by atoms with van der Waals surface area (Å²) in [5.41, 5.74) is 1.22. The smallest absolute Gasteiger partial charge is 0.263 e. The number of nitrogens with one attached hydrogen (secondary N) is 1. The van der Waals surface area contributed by atoms with Crippen LogP contribution in [0.1, 0.15) is 37.9 Å². The van der Waals surface area contributed by atoms with Crippen molar-refractivity contribution in [2.45, 2.75) is 38.5 Å². The van der Waals surface area contributed by atoms with E-state index in [-0.39, 0.29) is 16.6 Å². The third-order valence-electron chi connectivity index (χ3n) is 3.25. The van der Waals surface area contributed by atoms with Crippen molar-refractivity contribution in [1.82, 2.24) is 9.97 Å². The fourth-order valence-electron chi connectivity index (χ4n) is 2.21. The van der Waals surface area contributed by atoms with Gasteiger partial charge in [0.1, 0.15) is 5.75 Å². The first kappa shape index (κ1) is 17.2. The molecule has 0 unspecified atom stereocenters. The van der Waals surface area contributed by atoms with Crippen molar-refractivity contribution in [3.8, 4) is 5.75 Å². The Labute approximate surface area is 137 Å². The summed E-state index contributed by atoms with van der Waals surface area (Å²) < 4.78 is 33.2. The fraction of sp³-hybridized carbons (Fsp3) is 0.375. The number of benzene rings is 1. The number of aromatic nitrogens is 2. The van der Waals surface area contributed by atoms with E-state index >= 15 is 0 Å². The molecule has 7 heteroatoms. The molecule has 0 spiro atoms. The molecule has 0 amide bonds. The predicted octanol–water partition coefficient (Wildman–Crippen LogP) is 3.11. The highest BCUT2D eigenvalue weighted by atomic mass is 32.2. The number of ether oxygens (including phenoxy) is 1. The van der Waals surface area contributed by atoms with Crippen LogP contribution in [0.25, 0.3) is 0 Å². The first-order valence-electron chi connectivity index (χ1n) is 7.42. The highest BCUT2D eigenvalue weighted by molar-refractivity contribution is 7.92. The van der Waals surface area contributed by atoms with Gasteiger partial charge >= 0.3 is 0 Å². The van der Waals surface area contributed by atoms with Crippen molar-refractivity contribution >= 4 is 15.8 Å². The first-order valence-corrected chi connectivity index (χ1v) is 8.90. The molecule has 6 nitrogen and oxygen atoms in total. The van der Waals surface area contributed by atoms with Gasteiger partial charge in [-0.05, 0) is 43.5 Å². The minimum atomic E-state index is -3.74. The lowest BCUT2D eigenvalue weighted by atomic mass is 10.1. The van der Waals surface area contributed by atoms with E-state index in [1.54, 1.807) is 25.3 Å². The van der Waals surface area contributed by atoms with E-state index in [4.69, 9.17) is 4.74 Å². The number of rotatable bonds is 6. The maximum atomic E-state index is 12.6. The van der Waals surface area contributed by atoms with Crippen molar-refractivity contribution in [2.24, 2.45) is 0 Å². The Balaban J connectivity index is 2.37. The van der Waals surface area contributed by atoms with Gasteiger partial charge < -0.3 is 4.74 Å². The predicted molar refractivity (Wildman–Crippen MR) is 89.3 cm³/mol. The average Bonchev–Trinajstić information content (AvgIpc) is 2.47. The number of sulfonamides is 1. The summed E-state index contributed by atoms with van der Waals surface area (Å²) >= 11 is 0. The molecule has 2 rings (SSSR count). The standard InChI is InChI=1S/C16H21N3O3S/c1-5-22-13-6-7-14(12(4)10-13)23(20,21)19-16-15(11(2)3)17-8-9-18-16/h6-11H,5H2,1-4H3,(H,18,19). The van der Waals surface area contributed by atoms with E-state index in [9.17, 15) is 8.42 Å². The zero-order valence-corrected chi connectivity index (χ0v) is 14.5. The van der Waals surface area contributed by atoms with Crippen LogP contribution in [0, 0.1) is 6.92 Å². The van der Waals surface area contributed by atoms with Crippen LogP contribution in [-0.2, 0) is 10.0 Å². The molecule has 0 bridgehead atoms. The Bertz CT molecular complexity index is 789. The van der Waals surface area contributed by atoms with Gasteiger partial charge in [-0.25, -0.2) is 13.4 Å². The van der Waals surface area contributed by atoms with Crippen molar-refractivity contribution in [1.29, 1.82) is 0 Å². The van der Waals surface area contributed by atoms with E-state index < -0.39 is 10.0 Å². The number of nitrogens with zero attached hydrogens (tertiary/aromatic N) is 2. The average molecular weight is 335 g/mol. The second kappa shape index (κ2) is 6.95. The minimum absolute atomic E-state index is 0.0582. The molecule has 124 valence electrons. The molecule has 1 heterocycles. The molecule has 1 aromatic carbocycles. The highest BCUT2D eigenvalue weighted by Crippen LogP contribution is 2.25. The molecule has 0 radical (unpaired) electrons. The second-order valence-electron chi connectivity index (χ2n) is 5.41. The minimum Gasteiger partial charge on any atom is -0.494 e. The van der Waals surface area contributed by atoms with Crippen molar-refractivity contribution < 1.29 is 13.2 Å². The van der Waals surface area contributed by atoms with Crippen LogP contribution in [-0.4, -0.2) is 25.0 Å². The maximum absolute atomic E-state index is 12.6. The zero-order chi connectivity index (χ0) is 17.0. The van der Waals surface area contributed by atoms with Crippen molar-refractivity contribution in [2.75, 3.05) is 11.3 Å². The van der Waals surface area contributed by atoms with Gasteiger partial charge in [0.05, 0.1) is 17.2 Å². The van der Waals surface area contributed by atoms with Crippen LogP contribution >= 0.6 is 0 Å². The van der Waals surface area contributed by atoms with Crippen LogP contribution in [0.3, 0.4) is 0 Å². The van der Waals surface area contributed by atoms with Crippen LogP contribution in [0.5, 0.6) is 5.75 Å². The van der Waals surface area contributed by atoms with Crippen LogP contribution in [0.15, 0.2) is 35.5 Å². The molecule has 2 aromatic rings. The molecule has 0 saturated heterocycles. The lowest BCUT2D eigenvalue weighted by molar-refractivity contribution is 0.340. The molecule has 1 N–H and O–H groups in total. The Kier molecular flexibility index (Phi) is 5.20. The van der Waals surface area contributed by atoms with E-state index in [1.807, 2.05) is 20.8 Å². The molecule has 0 fully saturated rings. The monoisotopic (exact) mass is 335 g/mol.